The maximum absolute atomic E-state index is 12.8. The van der Waals surface area contributed by atoms with Crippen molar-refractivity contribution in [2.45, 2.75) is 6.18 Å². The number of aromatic nitrogens is 2. The molecule has 2 aromatic carbocycles. The van der Waals surface area contributed by atoms with Crippen LogP contribution in [0.3, 0.4) is 0 Å². The Morgan fingerprint density at radius 3 is 2.55 bits per heavy atom. The predicted molar refractivity (Wildman–Crippen MR) is 115 cm³/mol. The van der Waals surface area contributed by atoms with Crippen molar-refractivity contribution in [3.63, 3.8) is 0 Å². The molecule has 0 radical (unpaired) electrons. The van der Waals surface area contributed by atoms with Gasteiger partial charge in [0.05, 0.1) is 5.56 Å². The van der Waals surface area contributed by atoms with E-state index in [1.54, 1.807) is 12.1 Å². The van der Waals surface area contributed by atoms with Crippen LogP contribution in [0.5, 0.6) is 5.75 Å². The number of anilines is 2. The number of allylic oxidation sites excluding steroid dienone is 1. The molecule has 0 fully saturated rings. The van der Waals surface area contributed by atoms with Crippen molar-refractivity contribution >= 4 is 27.9 Å². The Morgan fingerprint density at radius 2 is 1.91 bits per heavy atom. The molecule has 0 aliphatic rings. The van der Waals surface area contributed by atoms with Gasteiger partial charge in [-0.2, -0.15) is 13.2 Å². The van der Waals surface area contributed by atoms with Crippen molar-refractivity contribution in [2.75, 3.05) is 5.32 Å². The van der Waals surface area contributed by atoms with Gasteiger partial charge in [0.25, 0.3) is 0 Å². The highest BCUT2D eigenvalue weighted by atomic mass is 32.2. The fraction of sp³-hybridized carbons (Fsp3) is 0.0500. The first kappa shape index (κ1) is 23.7. The van der Waals surface area contributed by atoms with Crippen molar-refractivity contribution in [3.05, 3.63) is 78.0 Å². The highest BCUT2D eigenvalue weighted by molar-refractivity contribution is 7.93. The minimum atomic E-state index is -4.48. The van der Waals surface area contributed by atoms with Gasteiger partial charge in [0.1, 0.15) is 16.9 Å². The first-order valence-electron chi connectivity index (χ1n) is 8.98. The van der Waals surface area contributed by atoms with E-state index >= 15 is 0 Å². The zero-order valence-electron chi connectivity index (χ0n) is 16.7. The Balaban J connectivity index is 1.72. The lowest BCUT2D eigenvalue weighted by molar-refractivity contribution is -0.137. The first-order valence-corrected chi connectivity index (χ1v) is 10.5. The second kappa shape index (κ2) is 9.67. The summed E-state index contributed by atoms with van der Waals surface area (Å²) < 4.78 is 72.3. The summed E-state index contributed by atoms with van der Waals surface area (Å²) in [5.41, 5.74) is -0.213. The second-order valence-electron chi connectivity index (χ2n) is 6.28. The van der Waals surface area contributed by atoms with Crippen LogP contribution in [0.2, 0.25) is 0 Å². The summed E-state index contributed by atoms with van der Waals surface area (Å²) in [6.07, 6.45) is -1.45. The maximum atomic E-state index is 12.8. The molecule has 9 nitrogen and oxygen atoms in total. The summed E-state index contributed by atoms with van der Waals surface area (Å²) in [5.74, 6) is 0.364. The molecule has 1 heterocycles. The zero-order valence-corrected chi connectivity index (χ0v) is 17.5. The molecular formula is C20H16F3N5O4S. The molecule has 0 aliphatic heterocycles. The van der Waals surface area contributed by atoms with E-state index in [1.807, 2.05) is 0 Å². The minimum absolute atomic E-state index is 0.0925. The number of aliphatic imine (C=N–C) groups is 1. The summed E-state index contributed by atoms with van der Waals surface area (Å²) >= 11 is 0. The fourth-order valence-corrected chi connectivity index (χ4v) is 2.78. The molecule has 3 aromatic rings. The van der Waals surface area contributed by atoms with Crippen LogP contribution in [0.1, 0.15) is 5.56 Å². The molecule has 3 N–H and O–H groups in total. The normalized spacial score (nSPS) is 12.7. The van der Waals surface area contributed by atoms with Crippen LogP contribution in [0, 0.1) is 0 Å². The van der Waals surface area contributed by atoms with E-state index in [1.165, 1.54) is 24.3 Å². The molecule has 1 aromatic heterocycles. The zero-order chi connectivity index (χ0) is 24.1. The number of benzene rings is 2. The SMILES string of the molecule is C=CN=C/C(=C/Oc1ccc(-c2nnc(Nc3cccc(C(F)(F)F)c3)o2)cc1)S(N)(=O)=O. The van der Waals surface area contributed by atoms with Crippen molar-refractivity contribution in [3.8, 4) is 17.2 Å². The maximum Gasteiger partial charge on any atom is 0.416 e. The number of nitrogens with zero attached hydrogens (tertiary/aromatic N) is 3. The molecule has 0 aliphatic carbocycles. The van der Waals surface area contributed by atoms with Crippen LogP contribution < -0.4 is 15.2 Å². The second-order valence-corrected chi connectivity index (χ2v) is 7.85. The summed E-state index contributed by atoms with van der Waals surface area (Å²) in [5, 5.41) is 15.3. The van der Waals surface area contributed by atoms with Crippen molar-refractivity contribution < 1.29 is 30.7 Å². The molecule has 0 saturated carbocycles. The number of alkyl halides is 3. The monoisotopic (exact) mass is 479 g/mol. The predicted octanol–water partition coefficient (Wildman–Crippen LogP) is 4.22. The summed E-state index contributed by atoms with van der Waals surface area (Å²) in [6.45, 7) is 3.34. The largest absolute Gasteiger partial charge is 0.464 e. The number of primary sulfonamides is 1. The molecule has 3 rings (SSSR count). The molecule has 0 spiro atoms. The van der Waals surface area contributed by atoms with Gasteiger partial charge in [-0.3, -0.25) is 4.99 Å². The van der Waals surface area contributed by atoms with E-state index in [2.05, 4.69) is 27.1 Å². The van der Waals surface area contributed by atoms with E-state index in [0.717, 1.165) is 30.8 Å². The van der Waals surface area contributed by atoms with Gasteiger partial charge >= 0.3 is 12.2 Å². The lowest BCUT2D eigenvalue weighted by atomic mass is 10.2. The van der Waals surface area contributed by atoms with Gasteiger partial charge in [-0.15, -0.1) is 5.10 Å². The average molecular weight is 479 g/mol. The topological polar surface area (TPSA) is 133 Å². The molecule has 13 heteroatoms. The van der Waals surface area contributed by atoms with Gasteiger partial charge in [0.2, 0.25) is 15.9 Å². The average Bonchev–Trinajstić information content (AvgIpc) is 3.21. The van der Waals surface area contributed by atoms with E-state index < -0.39 is 21.8 Å². The molecule has 0 amide bonds. The van der Waals surface area contributed by atoms with E-state index in [0.29, 0.717) is 5.56 Å². The van der Waals surface area contributed by atoms with Crippen molar-refractivity contribution in [1.82, 2.24) is 10.2 Å². The van der Waals surface area contributed by atoms with Crippen LogP contribution in [0.4, 0.5) is 24.9 Å². The number of rotatable bonds is 8. The lowest BCUT2D eigenvalue weighted by Gasteiger charge is -2.08. The highest BCUT2D eigenvalue weighted by Crippen LogP contribution is 2.31. The Hall–Kier alpha value is -3.97. The van der Waals surface area contributed by atoms with Crippen LogP contribution in [0.15, 0.2) is 81.9 Å². The quantitative estimate of drug-likeness (QED) is 0.365. The Kier molecular flexibility index (Phi) is 6.94. The third-order valence-corrected chi connectivity index (χ3v) is 4.77. The van der Waals surface area contributed by atoms with Crippen LogP contribution in [-0.4, -0.2) is 24.8 Å². The molecule has 0 atom stereocenters. The number of halogens is 3. The Bertz CT molecular complexity index is 1300. The summed E-state index contributed by atoms with van der Waals surface area (Å²) in [6, 6.07) is 10.5. The molecule has 0 unspecified atom stereocenters. The standard InChI is InChI=1S/C20H16F3N5O4S/c1-2-25-11-17(33(24,29)30)12-31-16-8-6-13(7-9-16)18-27-28-19(32-18)26-15-5-3-4-14(10-15)20(21,22)23/h2-12H,1H2,(H,26,28)(H2,24,29,30)/b17-12-,25-11?. The number of hydrogen-bond acceptors (Lipinski definition) is 8. The molecule has 33 heavy (non-hydrogen) atoms. The number of sulfonamides is 1. The third kappa shape index (κ3) is 6.51. The fourth-order valence-electron chi connectivity index (χ4n) is 2.39. The highest BCUT2D eigenvalue weighted by Gasteiger charge is 2.30. The van der Waals surface area contributed by atoms with Crippen LogP contribution in [0.25, 0.3) is 11.5 Å². The number of hydrogen-bond donors (Lipinski definition) is 2. The minimum Gasteiger partial charge on any atom is -0.464 e. The number of ether oxygens (including phenoxy) is 1. The Labute approximate surface area is 186 Å². The van der Waals surface area contributed by atoms with Gasteiger partial charge in [0.15, 0.2) is 0 Å². The van der Waals surface area contributed by atoms with Gasteiger partial charge in [-0.25, -0.2) is 13.6 Å². The van der Waals surface area contributed by atoms with E-state index in [9.17, 15) is 21.6 Å². The Morgan fingerprint density at radius 1 is 1.18 bits per heavy atom. The lowest BCUT2D eigenvalue weighted by Crippen LogP contribution is -2.16. The summed E-state index contributed by atoms with van der Waals surface area (Å²) in [4.78, 5) is 3.23. The molecule has 0 saturated heterocycles. The third-order valence-electron chi connectivity index (χ3n) is 3.91. The van der Waals surface area contributed by atoms with E-state index in [4.69, 9.17) is 14.3 Å². The van der Waals surface area contributed by atoms with E-state index in [-0.39, 0.29) is 28.2 Å². The molecule has 172 valence electrons. The van der Waals surface area contributed by atoms with Crippen LogP contribution in [-0.2, 0) is 16.2 Å². The first-order chi connectivity index (χ1) is 15.6. The smallest absolute Gasteiger partial charge is 0.416 e. The van der Waals surface area contributed by atoms with Crippen LogP contribution >= 0.6 is 0 Å². The number of nitrogens with two attached hydrogens (primary N) is 1. The van der Waals surface area contributed by atoms with Gasteiger partial charge < -0.3 is 14.5 Å². The van der Waals surface area contributed by atoms with Gasteiger partial charge in [0, 0.05) is 23.7 Å². The van der Waals surface area contributed by atoms with Gasteiger partial charge in [-0.1, -0.05) is 17.7 Å². The van der Waals surface area contributed by atoms with Gasteiger partial charge in [-0.05, 0) is 42.5 Å². The number of nitrogens with one attached hydrogen (secondary N) is 1. The van der Waals surface area contributed by atoms with Crippen molar-refractivity contribution in [1.29, 1.82) is 0 Å². The summed E-state index contributed by atoms with van der Waals surface area (Å²) in [7, 11) is -4.06. The van der Waals surface area contributed by atoms with Crippen molar-refractivity contribution in [2.24, 2.45) is 10.1 Å². The molecular weight excluding hydrogens is 463 g/mol. The molecule has 0 bridgehead atoms.